The molecule has 3 rings (SSSR count). The maximum absolute atomic E-state index is 13.7. The molecular weight excluding hydrogens is 533 g/mol. The first-order chi connectivity index (χ1) is 18.8. The summed E-state index contributed by atoms with van der Waals surface area (Å²) in [6, 6.07) is 4.77. The number of alkyl halides is 3. The van der Waals surface area contributed by atoms with Crippen LogP contribution in [0.1, 0.15) is 49.9 Å². The molecule has 2 heterocycles. The number of hydroxylamine groups is 2. The third-order valence-electron chi connectivity index (χ3n) is 5.59. The van der Waals surface area contributed by atoms with Gasteiger partial charge in [0, 0.05) is 24.7 Å². The first kappa shape index (κ1) is 29.8. The monoisotopic (exact) mass is 560 g/mol. The second-order valence-corrected chi connectivity index (χ2v) is 8.74. The summed E-state index contributed by atoms with van der Waals surface area (Å²) in [6.45, 7) is 6.05. The molecule has 40 heavy (non-hydrogen) atoms. The van der Waals surface area contributed by atoms with Crippen molar-refractivity contribution in [1.29, 1.82) is 0 Å². The molecular formula is C26H27F3N6O5. The number of amides is 3. The number of nitrogens with zero attached hydrogens (tertiary/aromatic N) is 4. The maximum atomic E-state index is 13.7. The highest BCUT2D eigenvalue weighted by Crippen LogP contribution is 2.32. The van der Waals surface area contributed by atoms with Gasteiger partial charge >= 0.3 is 12.1 Å². The van der Waals surface area contributed by atoms with Crippen LogP contribution >= 0.6 is 0 Å². The van der Waals surface area contributed by atoms with Crippen molar-refractivity contribution >= 4 is 40.9 Å². The van der Waals surface area contributed by atoms with Gasteiger partial charge in [-0.15, -0.1) is 5.06 Å². The second-order valence-electron chi connectivity index (χ2n) is 8.74. The number of halogens is 3. The van der Waals surface area contributed by atoms with E-state index in [9.17, 15) is 32.3 Å². The van der Waals surface area contributed by atoms with Gasteiger partial charge in [-0.05, 0) is 37.6 Å². The molecule has 212 valence electrons. The van der Waals surface area contributed by atoms with Gasteiger partial charge < -0.3 is 20.8 Å². The molecule has 0 saturated carbocycles. The number of nitrogens with one attached hydrogen (secondary N) is 1. The van der Waals surface area contributed by atoms with E-state index < -0.39 is 42.1 Å². The van der Waals surface area contributed by atoms with Gasteiger partial charge in [0.1, 0.15) is 11.5 Å². The van der Waals surface area contributed by atoms with E-state index in [1.54, 1.807) is 6.08 Å². The van der Waals surface area contributed by atoms with Gasteiger partial charge in [0.05, 0.1) is 23.5 Å². The lowest BCUT2D eigenvalue weighted by Gasteiger charge is -2.29. The van der Waals surface area contributed by atoms with Gasteiger partial charge in [0.15, 0.2) is 5.71 Å². The molecule has 1 fully saturated rings. The molecule has 1 aromatic carbocycles. The molecule has 0 spiro atoms. The topological polar surface area (TPSA) is 147 Å². The zero-order valence-corrected chi connectivity index (χ0v) is 21.7. The molecule has 2 aliphatic heterocycles. The Morgan fingerprint density at radius 1 is 1.23 bits per heavy atom. The van der Waals surface area contributed by atoms with E-state index in [1.165, 1.54) is 37.4 Å². The van der Waals surface area contributed by atoms with Gasteiger partial charge in [0.25, 0.3) is 17.7 Å². The Balaban J connectivity index is 1.89. The highest BCUT2D eigenvalue weighted by Gasteiger charge is 2.37. The van der Waals surface area contributed by atoms with E-state index in [2.05, 4.69) is 21.9 Å². The predicted octanol–water partition coefficient (Wildman–Crippen LogP) is 3.26. The van der Waals surface area contributed by atoms with E-state index in [4.69, 9.17) is 10.6 Å². The summed E-state index contributed by atoms with van der Waals surface area (Å²) in [5.41, 5.74) is 4.45. The molecule has 1 saturated heterocycles. The van der Waals surface area contributed by atoms with Gasteiger partial charge in [-0.1, -0.05) is 26.0 Å². The Hall–Kier alpha value is -4.75. The Bertz CT molecular complexity index is 1330. The van der Waals surface area contributed by atoms with Crippen molar-refractivity contribution in [1.82, 2.24) is 10.4 Å². The lowest BCUT2D eigenvalue weighted by Crippen LogP contribution is -2.35. The largest absolute Gasteiger partial charge is 0.430 e. The number of imide groups is 1. The van der Waals surface area contributed by atoms with Crippen LogP contribution in [-0.2, 0) is 19.2 Å². The lowest BCUT2D eigenvalue weighted by atomic mass is 10.1. The number of anilines is 1. The van der Waals surface area contributed by atoms with Crippen LogP contribution in [0.3, 0.4) is 0 Å². The van der Waals surface area contributed by atoms with Crippen molar-refractivity contribution in [3.63, 3.8) is 0 Å². The van der Waals surface area contributed by atoms with Crippen LogP contribution in [-0.4, -0.2) is 53.0 Å². The SMILES string of the molecule is C=C(N(CC1=CN/C(=C\CCC)C(C(=O)N=C(C)N)=N1)c1ccc(C(=O)ON2C(=O)CCC2=O)cc1)C(F)(F)F. The number of nitrogens with two attached hydrogens (primary N) is 1. The second kappa shape index (κ2) is 12.4. The predicted molar refractivity (Wildman–Crippen MR) is 139 cm³/mol. The lowest BCUT2D eigenvalue weighted by molar-refractivity contribution is -0.172. The van der Waals surface area contributed by atoms with E-state index in [1.807, 2.05) is 6.92 Å². The molecule has 11 nitrogen and oxygen atoms in total. The number of aliphatic imine (C=N–C) groups is 2. The van der Waals surface area contributed by atoms with Crippen LogP contribution in [0.5, 0.6) is 0 Å². The first-order valence-electron chi connectivity index (χ1n) is 12.1. The van der Waals surface area contributed by atoms with Crippen molar-refractivity contribution in [2.45, 2.75) is 45.7 Å². The van der Waals surface area contributed by atoms with Crippen LogP contribution in [0, 0.1) is 0 Å². The molecule has 0 unspecified atom stereocenters. The summed E-state index contributed by atoms with van der Waals surface area (Å²) < 4.78 is 41.2. The summed E-state index contributed by atoms with van der Waals surface area (Å²) in [5, 5.41) is 3.26. The fourth-order valence-electron chi connectivity index (χ4n) is 3.60. The molecule has 2 aliphatic rings. The number of rotatable bonds is 9. The third-order valence-corrected chi connectivity index (χ3v) is 5.59. The minimum atomic E-state index is -4.83. The number of hydrogen-bond donors (Lipinski definition) is 2. The number of carbonyl (C=O) groups is 4. The normalized spacial score (nSPS) is 16.9. The van der Waals surface area contributed by atoms with Crippen molar-refractivity contribution in [2.24, 2.45) is 15.7 Å². The molecule has 0 radical (unpaired) electrons. The third kappa shape index (κ3) is 7.21. The smallest absolute Gasteiger partial charge is 0.387 e. The van der Waals surface area contributed by atoms with E-state index >= 15 is 0 Å². The van der Waals surface area contributed by atoms with E-state index in [0.29, 0.717) is 17.2 Å². The Morgan fingerprint density at radius 3 is 2.40 bits per heavy atom. The van der Waals surface area contributed by atoms with Crippen molar-refractivity contribution in [3.05, 3.63) is 65.8 Å². The average molecular weight is 561 g/mol. The number of unbranched alkanes of at least 4 members (excludes halogenated alkanes) is 1. The van der Waals surface area contributed by atoms with Crippen LogP contribution < -0.4 is 16.0 Å². The standard InChI is InChI=1S/C26H27F3N6O5/c1-4-5-6-20-23(24(38)32-16(3)30)33-18(13-31-20)14-34(15(2)26(27,28)29)19-9-7-17(8-10-19)25(39)40-35-21(36)11-12-22(35)37/h6-10,13,31H,2,4-5,11-12,14H2,1,3H3,(H2,30,32,38)/b20-6-. The van der Waals surface area contributed by atoms with Gasteiger partial charge in [0.2, 0.25) is 0 Å². The quantitative estimate of drug-likeness (QED) is 0.266. The highest BCUT2D eigenvalue weighted by molar-refractivity contribution is 6.47. The van der Waals surface area contributed by atoms with E-state index in [-0.39, 0.29) is 41.3 Å². The average Bonchev–Trinajstić information content (AvgIpc) is 3.21. The van der Waals surface area contributed by atoms with Crippen LogP contribution in [0.2, 0.25) is 0 Å². The molecule has 0 atom stereocenters. The van der Waals surface area contributed by atoms with Crippen LogP contribution in [0.15, 0.2) is 70.2 Å². The Kier molecular flexibility index (Phi) is 9.24. The molecule has 3 amide bonds. The summed E-state index contributed by atoms with van der Waals surface area (Å²) in [6.07, 6.45) is -0.540. The summed E-state index contributed by atoms with van der Waals surface area (Å²) >= 11 is 0. The fourth-order valence-corrected chi connectivity index (χ4v) is 3.60. The van der Waals surface area contributed by atoms with Crippen molar-refractivity contribution in [3.8, 4) is 0 Å². The Morgan fingerprint density at radius 2 is 1.85 bits per heavy atom. The summed E-state index contributed by atoms with van der Waals surface area (Å²) in [5.74, 6) is -3.15. The zero-order chi connectivity index (χ0) is 29.6. The molecule has 0 aromatic heterocycles. The molecule has 0 bridgehead atoms. The Labute approximate surface area is 227 Å². The summed E-state index contributed by atoms with van der Waals surface area (Å²) in [4.78, 5) is 62.0. The van der Waals surface area contributed by atoms with Crippen LogP contribution in [0.25, 0.3) is 0 Å². The maximum Gasteiger partial charge on any atom is 0.430 e. The van der Waals surface area contributed by atoms with Crippen molar-refractivity contribution in [2.75, 3.05) is 11.4 Å². The van der Waals surface area contributed by atoms with E-state index in [0.717, 1.165) is 11.3 Å². The molecule has 3 N–H and O–H groups in total. The fraction of sp³-hybridized carbons (Fsp3) is 0.308. The van der Waals surface area contributed by atoms with Gasteiger partial charge in [-0.25, -0.2) is 9.79 Å². The zero-order valence-electron chi connectivity index (χ0n) is 21.7. The number of hydrogen-bond acceptors (Lipinski definition) is 8. The minimum absolute atomic E-state index is 0.0113. The molecule has 0 aliphatic carbocycles. The van der Waals surface area contributed by atoms with Crippen LogP contribution in [0.4, 0.5) is 18.9 Å². The molecule has 1 aromatic rings. The summed E-state index contributed by atoms with van der Waals surface area (Å²) in [7, 11) is 0. The highest BCUT2D eigenvalue weighted by atomic mass is 19.4. The number of carbonyl (C=O) groups excluding carboxylic acids is 4. The van der Waals surface area contributed by atoms with Gasteiger partial charge in [-0.2, -0.15) is 18.2 Å². The minimum Gasteiger partial charge on any atom is -0.387 e. The molecule has 14 heteroatoms. The van der Waals surface area contributed by atoms with Gasteiger partial charge in [-0.3, -0.25) is 14.4 Å². The van der Waals surface area contributed by atoms with Crippen molar-refractivity contribution < 1.29 is 37.2 Å². The number of amidine groups is 1. The first-order valence-corrected chi connectivity index (χ1v) is 12.1. The number of benzene rings is 1. The number of allylic oxidation sites excluding steroid dienone is 2.